The monoisotopic (exact) mass is 298 g/mol. The number of fused-ring (bicyclic) bond motifs is 1. The molecule has 1 N–H and O–H groups in total. The number of benzene rings is 2. The van der Waals surface area contributed by atoms with Crippen molar-refractivity contribution in [1.82, 2.24) is 0 Å². The fourth-order valence-corrected chi connectivity index (χ4v) is 2.87. The van der Waals surface area contributed by atoms with Gasteiger partial charge in [0.2, 0.25) is 5.91 Å². The Labute approximate surface area is 129 Å². The van der Waals surface area contributed by atoms with E-state index in [0.29, 0.717) is 5.69 Å². The summed E-state index contributed by atoms with van der Waals surface area (Å²) in [6, 6.07) is 12.6. The van der Waals surface area contributed by atoms with E-state index in [1.54, 1.807) is 6.07 Å². The Balaban J connectivity index is 1.72. The van der Waals surface area contributed by atoms with Gasteiger partial charge in [0, 0.05) is 17.9 Å². The molecule has 0 aromatic heterocycles. The highest BCUT2D eigenvalue weighted by molar-refractivity contribution is 5.94. The maximum Gasteiger partial charge on any atom is 0.243 e. The number of nitrogens with one attached hydrogen (secondary N) is 1. The van der Waals surface area contributed by atoms with Gasteiger partial charge >= 0.3 is 0 Å². The van der Waals surface area contributed by atoms with Crippen LogP contribution in [0.25, 0.3) is 0 Å². The summed E-state index contributed by atoms with van der Waals surface area (Å²) in [4.78, 5) is 14.4. The van der Waals surface area contributed by atoms with Gasteiger partial charge in [0.15, 0.2) is 0 Å². The molecule has 0 atom stereocenters. The number of carbonyl (C=O) groups is 1. The number of hydrogen-bond donors (Lipinski definition) is 1. The summed E-state index contributed by atoms with van der Waals surface area (Å²) < 4.78 is 13.3. The number of aryl methyl sites for hydroxylation is 2. The van der Waals surface area contributed by atoms with Gasteiger partial charge in [-0.15, -0.1) is 0 Å². The lowest BCUT2D eigenvalue weighted by Gasteiger charge is -2.30. The van der Waals surface area contributed by atoms with Crippen LogP contribution in [-0.4, -0.2) is 19.0 Å². The topological polar surface area (TPSA) is 32.3 Å². The van der Waals surface area contributed by atoms with Gasteiger partial charge < -0.3 is 10.2 Å². The van der Waals surface area contributed by atoms with E-state index in [1.807, 2.05) is 19.1 Å². The molecule has 1 amide bonds. The van der Waals surface area contributed by atoms with Gasteiger partial charge in [-0.25, -0.2) is 4.39 Å². The van der Waals surface area contributed by atoms with Crippen LogP contribution < -0.4 is 10.2 Å². The van der Waals surface area contributed by atoms with Gasteiger partial charge in [0.25, 0.3) is 0 Å². The SMILES string of the molecule is Cc1ccc(F)cc1NC(=O)CN1CCCc2ccccc21. The van der Waals surface area contributed by atoms with Crippen LogP contribution in [0.15, 0.2) is 42.5 Å². The molecule has 0 fully saturated rings. The highest BCUT2D eigenvalue weighted by Gasteiger charge is 2.18. The molecule has 3 nitrogen and oxygen atoms in total. The molecule has 22 heavy (non-hydrogen) atoms. The molecule has 0 radical (unpaired) electrons. The second kappa shape index (κ2) is 6.18. The van der Waals surface area contributed by atoms with Crippen molar-refractivity contribution in [3.8, 4) is 0 Å². The Hall–Kier alpha value is -2.36. The number of hydrogen-bond acceptors (Lipinski definition) is 2. The molecule has 4 heteroatoms. The maximum atomic E-state index is 13.3. The molecule has 3 rings (SSSR count). The van der Waals surface area contributed by atoms with Crippen LogP contribution >= 0.6 is 0 Å². The Morgan fingerprint density at radius 1 is 1.27 bits per heavy atom. The van der Waals surface area contributed by atoms with E-state index in [1.165, 1.54) is 17.7 Å². The molecule has 1 aliphatic rings. The molecular weight excluding hydrogens is 279 g/mol. The largest absolute Gasteiger partial charge is 0.362 e. The van der Waals surface area contributed by atoms with Gasteiger partial charge in [0.1, 0.15) is 5.82 Å². The minimum absolute atomic E-state index is 0.120. The zero-order valence-electron chi connectivity index (χ0n) is 12.6. The van der Waals surface area contributed by atoms with Crippen LogP contribution in [-0.2, 0) is 11.2 Å². The van der Waals surface area contributed by atoms with Crippen LogP contribution in [0.2, 0.25) is 0 Å². The summed E-state index contributed by atoms with van der Waals surface area (Å²) in [5.41, 5.74) is 3.80. The van der Waals surface area contributed by atoms with Crippen molar-refractivity contribution in [2.24, 2.45) is 0 Å². The predicted molar refractivity (Wildman–Crippen MR) is 86.7 cm³/mol. The summed E-state index contributed by atoms with van der Waals surface area (Å²) in [5.74, 6) is -0.463. The van der Waals surface area contributed by atoms with Gasteiger partial charge in [-0.05, 0) is 49.1 Å². The normalized spacial score (nSPS) is 13.6. The van der Waals surface area contributed by atoms with E-state index in [9.17, 15) is 9.18 Å². The second-order valence-corrected chi connectivity index (χ2v) is 5.66. The first-order chi connectivity index (χ1) is 10.6. The number of amides is 1. The molecule has 0 bridgehead atoms. The summed E-state index contributed by atoms with van der Waals surface area (Å²) >= 11 is 0. The van der Waals surface area contributed by atoms with Crippen molar-refractivity contribution in [3.05, 3.63) is 59.4 Å². The minimum atomic E-state index is -0.343. The average Bonchev–Trinajstić information content (AvgIpc) is 2.51. The molecular formula is C18H19FN2O. The van der Waals surface area contributed by atoms with Gasteiger partial charge in [-0.1, -0.05) is 24.3 Å². The molecule has 2 aromatic carbocycles. The zero-order valence-corrected chi connectivity index (χ0v) is 12.6. The quantitative estimate of drug-likeness (QED) is 0.940. The summed E-state index contributed by atoms with van der Waals surface area (Å²) in [7, 11) is 0. The van der Waals surface area contributed by atoms with E-state index in [2.05, 4.69) is 22.3 Å². The molecule has 0 saturated carbocycles. The van der Waals surface area contributed by atoms with E-state index in [4.69, 9.17) is 0 Å². The van der Waals surface area contributed by atoms with Crippen molar-refractivity contribution in [2.75, 3.05) is 23.3 Å². The Morgan fingerprint density at radius 2 is 2.09 bits per heavy atom. The number of rotatable bonds is 3. The van der Waals surface area contributed by atoms with Crippen molar-refractivity contribution in [3.63, 3.8) is 0 Å². The third-order valence-corrected chi connectivity index (χ3v) is 4.01. The fraction of sp³-hybridized carbons (Fsp3) is 0.278. The number of anilines is 2. The first kappa shape index (κ1) is 14.6. The number of halogens is 1. The highest BCUT2D eigenvalue weighted by atomic mass is 19.1. The van der Waals surface area contributed by atoms with Crippen LogP contribution in [0.4, 0.5) is 15.8 Å². The molecule has 114 valence electrons. The summed E-state index contributed by atoms with van der Waals surface area (Å²) in [6.07, 6.45) is 2.10. The van der Waals surface area contributed by atoms with Crippen molar-refractivity contribution < 1.29 is 9.18 Å². The third kappa shape index (κ3) is 3.11. The Kier molecular flexibility index (Phi) is 4.09. The lowest BCUT2D eigenvalue weighted by atomic mass is 10.0. The standard InChI is InChI=1S/C18H19FN2O/c1-13-8-9-15(19)11-16(13)20-18(22)12-21-10-4-6-14-5-2-3-7-17(14)21/h2-3,5,7-9,11H,4,6,10,12H2,1H3,(H,20,22). The molecule has 0 unspecified atom stereocenters. The van der Waals surface area contributed by atoms with E-state index in [-0.39, 0.29) is 18.3 Å². The van der Waals surface area contributed by atoms with Gasteiger partial charge in [0.05, 0.1) is 6.54 Å². The number of para-hydroxylation sites is 1. The summed E-state index contributed by atoms with van der Waals surface area (Å²) in [6.45, 7) is 3.00. The van der Waals surface area contributed by atoms with Gasteiger partial charge in [-0.3, -0.25) is 4.79 Å². The first-order valence-corrected chi connectivity index (χ1v) is 7.52. The van der Waals surface area contributed by atoms with Crippen LogP contribution in [0.5, 0.6) is 0 Å². The van der Waals surface area contributed by atoms with E-state index >= 15 is 0 Å². The van der Waals surface area contributed by atoms with E-state index in [0.717, 1.165) is 30.6 Å². The third-order valence-electron chi connectivity index (χ3n) is 4.01. The van der Waals surface area contributed by atoms with E-state index < -0.39 is 0 Å². The number of carbonyl (C=O) groups excluding carboxylic acids is 1. The lowest BCUT2D eigenvalue weighted by molar-refractivity contribution is -0.115. The molecule has 1 aliphatic heterocycles. The van der Waals surface area contributed by atoms with Crippen LogP contribution in [0.1, 0.15) is 17.5 Å². The van der Waals surface area contributed by atoms with Gasteiger partial charge in [-0.2, -0.15) is 0 Å². The summed E-state index contributed by atoms with van der Waals surface area (Å²) in [5, 5.41) is 2.81. The minimum Gasteiger partial charge on any atom is -0.362 e. The zero-order chi connectivity index (χ0) is 15.5. The lowest BCUT2D eigenvalue weighted by Crippen LogP contribution is -2.36. The second-order valence-electron chi connectivity index (χ2n) is 5.66. The maximum absolute atomic E-state index is 13.3. The molecule has 1 heterocycles. The van der Waals surface area contributed by atoms with Crippen molar-refractivity contribution >= 4 is 17.3 Å². The Bertz CT molecular complexity index is 699. The Morgan fingerprint density at radius 3 is 2.95 bits per heavy atom. The molecule has 0 saturated heterocycles. The smallest absolute Gasteiger partial charge is 0.243 e. The molecule has 0 aliphatic carbocycles. The number of nitrogens with zero attached hydrogens (tertiary/aromatic N) is 1. The van der Waals surface area contributed by atoms with Crippen LogP contribution in [0, 0.1) is 12.7 Å². The molecule has 2 aromatic rings. The predicted octanol–water partition coefficient (Wildman–Crippen LogP) is 3.53. The van der Waals surface area contributed by atoms with Crippen LogP contribution in [0.3, 0.4) is 0 Å². The van der Waals surface area contributed by atoms with Crippen molar-refractivity contribution in [1.29, 1.82) is 0 Å². The fourth-order valence-electron chi connectivity index (χ4n) is 2.87. The van der Waals surface area contributed by atoms with Crippen molar-refractivity contribution in [2.45, 2.75) is 19.8 Å². The average molecular weight is 298 g/mol. The molecule has 0 spiro atoms. The first-order valence-electron chi connectivity index (χ1n) is 7.52. The highest BCUT2D eigenvalue weighted by Crippen LogP contribution is 2.26.